The molecule has 0 saturated carbocycles. The van der Waals surface area contributed by atoms with Crippen LogP contribution in [0.3, 0.4) is 0 Å². The smallest absolute Gasteiger partial charge is 0.114 e. The Morgan fingerprint density at radius 3 is 1.20 bits per heavy atom. The molecule has 0 N–H and O–H groups in total. The molecular formula is C10H14Cl4O. The monoisotopic (exact) mass is 290 g/mol. The highest BCUT2D eigenvalue weighted by molar-refractivity contribution is 6.23. The zero-order valence-electron chi connectivity index (χ0n) is 8.32. The van der Waals surface area contributed by atoms with Crippen LogP contribution in [-0.2, 0) is 4.74 Å². The van der Waals surface area contributed by atoms with E-state index in [1.54, 1.807) is 12.2 Å². The quantitative estimate of drug-likeness (QED) is 0.488. The normalized spacial score (nSPS) is 12.5. The van der Waals surface area contributed by atoms with Crippen LogP contribution in [0.2, 0.25) is 0 Å². The van der Waals surface area contributed by atoms with Gasteiger partial charge in [-0.3, -0.25) is 0 Å². The van der Waals surface area contributed by atoms with Gasteiger partial charge < -0.3 is 4.74 Å². The van der Waals surface area contributed by atoms with Crippen molar-refractivity contribution in [1.82, 2.24) is 0 Å². The maximum Gasteiger partial charge on any atom is 0.114 e. The van der Waals surface area contributed by atoms with Gasteiger partial charge in [0.25, 0.3) is 0 Å². The predicted molar refractivity (Wildman–Crippen MR) is 69.8 cm³/mol. The third-order valence-corrected chi connectivity index (χ3v) is 3.86. The summed E-state index contributed by atoms with van der Waals surface area (Å²) in [5, 5.41) is 0. The largest absolute Gasteiger partial charge is 0.355 e. The van der Waals surface area contributed by atoms with Gasteiger partial charge in [0.2, 0.25) is 0 Å². The van der Waals surface area contributed by atoms with Crippen LogP contribution in [0.4, 0.5) is 0 Å². The lowest BCUT2D eigenvalue weighted by Crippen LogP contribution is -2.47. The molecule has 0 aromatic heterocycles. The summed E-state index contributed by atoms with van der Waals surface area (Å²) < 4.78 is 5.76. The van der Waals surface area contributed by atoms with E-state index in [1.807, 2.05) is 0 Å². The van der Waals surface area contributed by atoms with Crippen LogP contribution >= 0.6 is 46.4 Å². The van der Waals surface area contributed by atoms with Crippen LogP contribution in [0.1, 0.15) is 0 Å². The standard InChI is InChI=1S/C10H14Cl4O/c1-3-9(5-11,6-12)15-10(4-2,7-13)8-14/h3-4H,1-2,5-8H2. The highest BCUT2D eigenvalue weighted by Crippen LogP contribution is 2.28. The molecule has 88 valence electrons. The fourth-order valence-electron chi connectivity index (χ4n) is 0.887. The molecule has 0 radical (unpaired) electrons. The molecule has 0 unspecified atom stereocenters. The second-order valence-electron chi connectivity index (χ2n) is 3.17. The summed E-state index contributed by atoms with van der Waals surface area (Å²) in [5.74, 6) is 0.736. The molecule has 0 fully saturated rings. The van der Waals surface area contributed by atoms with Crippen LogP contribution in [-0.4, -0.2) is 34.7 Å². The molecule has 0 atom stereocenters. The lowest BCUT2D eigenvalue weighted by atomic mass is 10.1. The first-order valence-corrected chi connectivity index (χ1v) is 6.42. The van der Waals surface area contributed by atoms with Gasteiger partial charge in [0.1, 0.15) is 11.2 Å². The number of hydrogen-bond acceptors (Lipinski definition) is 1. The highest BCUT2D eigenvalue weighted by atomic mass is 35.5. The Labute approximate surface area is 111 Å². The Morgan fingerprint density at radius 2 is 1.07 bits per heavy atom. The first-order chi connectivity index (χ1) is 7.07. The van der Waals surface area contributed by atoms with E-state index in [1.165, 1.54) is 0 Å². The van der Waals surface area contributed by atoms with Gasteiger partial charge in [-0.1, -0.05) is 12.2 Å². The molecular weight excluding hydrogens is 278 g/mol. The minimum absolute atomic E-state index is 0.184. The highest BCUT2D eigenvalue weighted by Gasteiger charge is 2.37. The molecule has 0 heterocycles. The molecule has 0 aromatic rings. The third-order valence-electron chi connectivity index (χ3n) is 2.06. The zero-order chi connectivity index (χ0) is 11.9. The Kier molecular flexibility index (Phi) is 7.31. The van der Waals surface area contributed by atoms with Crippen LogP contribution in [0, 0.1) is 0 Å². The lowest BCUT2D eigenvalue weighted by Gasteiger charge is -2.37. The fourth-order valence-corrected chi connectivity index (χ4v) is 2.11. The van der Waals surface area contributed by atoms with Crippen molar-refractivity contribution in [1.29, 1.82) is 0 Å². The van der Waals surface area contributed by atoms with E-state index < -0.39 is 11.2 Å². The number of hydrogen-bond donors (Lipinski definition) is 0. The van der Waals surface area contributed by atoms with Gasteiger partial charge in [-0.25, -0.2) is 0 Å². The van der Waals surface area contributed by atoms with E-state index in [0.717, 1.165) is 0 Å². The molecule has 0 aliphatic carbocycles. The third kappa shape index (κ3) is 3.83. The zero-order valence-corrected chi connectivity index (χ0v) is 11.3. The molecule has 5 heteroatoms. The van der Waals surface area contributed by atoms with Crippen molar-refractivity contribution in [3.63, 3.8) is 0 Å². The number of halogens is 4. The summed E-state index contributed by atoms with van der Waals surface area (Å²) in [6.45, 7) is 7.30. The topological polar surface area (TPSA) is 9.23 Å². The van der Waals surface area contributed by atoms with Gasteiger partial charge in [-0.05, 0) is 0 Å². The Bertz CT molecular complexity index is 187. The molecule has 0 aliphatic rings. The van der Waals surface area contributed by atoms with Gasteiger partial charge in [0, 0.05) is 0 Å². The Balaban J connectivity index is 4.90. The Morgan fingerprint density at radius 1 is 0.800 bits per heavy atom. The van der Waals surface area contributed by atoms with Crippen LogP contribution in [0.15, 0.2) is 25.3 Å². The van der Waals surface area contributed by atoms with E-state index in [4.69, 9.17) is 51.1 Å². The summed E-state index contributed by atoms with van der Waals surface area (Å²) in [7, 11) is 0. The number of rotatable bonds is 8. The molecule has 0 aliphatic heterocycles. The van der Waals surface area contributed by atoms with Crippen molar-refractivity contribution in [3.8, 4) is 0 Å². The molecule has 0 aromatic carbocycles. The number of ether oxygens (including phenoxy) is 1. The van der Waals surface area contributed by atoms with E-state index in [9.17, 15) is 0 Å². The molecule has 1 nitrogen and oxygen atoms in total. The lowest BCUT2D eigenvalue weighted by molar-refractivity contribution is -0.0599. The average Bonchev–Trinajstić information content (AvgIpc) is 2.33. The van der Waals surface area contributed by atoms with Crippen molar-refractivity contribution in [2.24, 2.45) is 0 Å². The minimum Gasteiger partial charge on any atom is -0.355 e. The maximum atomic E-state index is 5.80. The maximum absolute atomic E-state index is 5.80. The van der Waals surface area contributed by atoms with Crippen LogP contribution < -0.4 is 0 Å². The molecule has 0 saturated heterocycles. The summed E-state index contributed by atoms with van der Waals surface area (Å²) >= 11 is 23.2. The molecule has 0 rings (SSSR count). The van der Waals surface area contributed by atoms with E-state index in [0.29, 0.717) is 0 Å². The van der Waals surface area contributed by atoms with Gasteiger partial charge in [0.15, 0.2) is 0 Å². The van der Waals surface area contributed by atoms with E-state index >= 15 is 0 Å². The fraction of sp³-hybridized carbons (Fsp3) is 0.600. The predicted octanol–water partition coefficient (Wildman–Crippen LogP) is 3.81. The summed E-state index contributed by atoms with van der Waals surface area (Å²) in [4.78, 5) is 0. The van der Waals surface area contributed by atoms with E-state index in [2.05, 4.69) is 13.2 Å². The van der Waals surface area contributed by atoms with Crippen molar-refractivity contribution in [3.05, 3.63) is 25.3 Å². The summed E-state index contributed by atoms with van der Waals surface area (Å²) in [5.41, 5.74) is -1.66. The van der Waals surface area contributed by atoms with Gasteiger partial charge in [-0.2, -0.15) is 0 Å². The van der Waals surface area contributed by atoms with Crippen molar-refractivity contribution in [2.75, 3.05) is 23.5 Å². The second-order valence-corrected chi connectivity index (χ2v) is 4.24. The van der Waals surface area contributed by atoms with Crippen molar-refractivity contribution in [2.45, 2.75) is 11.2 Å². The van der Waals surface area contributed by atoms with Crippen LogP contribution in [0.25, 0.3) is 0 Å². The van der Waals surface area contributed by atoms with Gasteiger partial charge in [-0.15, -0.1) is 59.6 Å². The molecule has 0 bridgehead atoms. The first-order valence-electron chi connectivity index (χ1n) is 4.29. The number of alkyl halides is 4. The molecule has 15 heavy (non-hydrogen) atoms. The van der Waals surface area contributed by atoms with Gasteiger partial charge in [0.05, 0.1) is 23.5 Å². The van der Waals surface area contributed by atoms with Gasteiger partial charge >= 0.3 is 0 Å². The second kappa shape index (κ2) is 7.03. The minimum atomic E-state index is -0.832. The summed E-state index contributed by atoms with van der Waals surface area (Å²) in [6, 6.07) is 0. The van der Waals surface area contributed by atoms with Crippen molar-refractivity contribution < 1.29 is 4.74 Å². The SMILES string of the molecule is C=CC(CCl)(CCl)OC(C=C)(CCl)CCl. The van der Waals surface area contributed by atoms with Crippen LogP contribution in [0.5, 0.6) is 0 Å². The van der Waals surface area contributed by atoms with E-state index in [-0.39, 0.29) is 23.5 Å². The molecule has 0 amide bonds. The van der Waals surface area contributed by atoms with Crippen molar-refractivity contribution >= 4 is 46.4 Å². The Hall–Kier alpha value is 0.600. The average molecular weight is 292 g/mol. The summed E-state index contributed by atoms with van der Waals surface area (Å²) in [6.07, 6.45) is 3.12. The first kappa shape index (κ1) is 15.6. The molecule has 0 spiro atoms.